The van der Waals surface area contributed by atoms with Gasteiger partial charge in [0, 0.05) is 24.4 Å². The van der Waals surface area contributed by atoms with E-state index in [-0.39, 0.29) is 18.2 Å². The second kappa shape index (κ2) is 10.1. The molecule has 0 saturated carbocycles. The van der Waals surface area contributed by atoms with Gasteiger partial charge in [0.15, 0.2) is 4.34 Å². The van der Waals surface area contributed by atoms with Crippen LogP contribution in [0.15, 0.2) is 52.9 Å². The number of ether oxygens (including phenoxy) is 1. The zero-order valence-corrected chi connectivity index (χ0v) is 19.5. The number of carbonyl (C=O) groups excluding carboxylic acids is 2. The molecule has 0 spiro atoms. The number of thioether (sulfide) groups is 1. The highest BCUT2D eigenvalue weighted by molar-refractivity contribution is 8.01. The Kier molecular flexibility index (Phi) is 7.06. The monoisotopic (exact) mass is 468 g/mol. The number of hydrogen-bond acceptors (Lipinski definition) is 7. The first kappa shape index (κ1) is 22.3. The summed E-state index contributed by atoms with van der Waals surface area (Å²) in [6.07, 6.45) is 0.191. The molecular weight excluding hydrogens is 444 g/mol. The average molecular weight is 469 g/mol. The predicted molar refractivity (Wildman–Crippen MR) is 128 cm³/mol. The van der Waals surface area contributed by atoms with Crippen molar-refractivity contribution in [3.8, 4) is 5.75 Å². The number of hydrogen-bond donors (Lipinski definition) is 1. The number of anilines is 2. The normalized spacial score (nSPS) is 15.8. The fourth-order valence-electron chi connectivity index (χ4n) is 3.38. The summed E-state index contributed by atoms with van der Waals surface area (Å²) in [6, 6.07) is 15.7. The van der Waals surface area contributed by atoms with E-state index in [4.69, 9.17) is 4.74 Å². The lowest BCUT2D eigenvalue weighted by Crippen LogP contribution is -2.28. The van der Waals surface area contributed by atoms with E-state index in [0.29, 0.717) is 18.3 Å². The Bertz CT molecular complexity index is 1100. The summed E-state index contributed by atoms with van der Waals surface area (Å²) >= 11 is 2.85. The van der Waals surface area contributed by atoms with Gasteiger partial charge in [0.1, 0.15) is 5.75 Å². The molecule has 2 aromatic carbocycles. The summed E-state index contributed by atoms with van der Waals surface area (Å²) in [6.45, 7) is 4.93. The van der Waals surface area contributed by atoms with Crippen LogP contribution in [0.1, 0.15) is 17.5 Å². The van der Waals surface area contributed by atoms with E-state index in [1.54, 1.807) is 4.90 Å². The summed E-state index contributed by atoms with van der Waals surface area (Å²) in [5.74, 6) is 0.902. The Morgan fingerprint density at radius 1 is 1.19 bits per heavy atom. The van der Waals surface area contributed by atoms with Gasteiger partial charge in [-0.25, -0.2) is 0 Å². The number of carbonyl (C=O) groups is 2. The summed E-state index contributed by atoms with van der Waals surface area (Å²) in [7, 11) is 0. The molecule has 3 aromatic rings. The molecule has 0 radical (unpaired) electrons. The second-order valence-corrected chi connectivity index (χ2v) is 9.94. The lowest BCUT2D eigenvalue weighted by molar-refractivity contribution is -0.122. The van der Waals surface area contributed by atoms with E-state index in [9.17, 15) is 9.59 Å². The van der Waals surface area contributed by atoms with E-state index >= 15 is 0 Å². The first-order valence-corrected chi connectivity index (χ1v) is 12.1. The van der Waals surface area contributed by atoms with Crippen LogP contribution in [0.4, 0.5) is 10.8 Å². The Morgan fingerprint density at radius 3 is 2.78 bits per heavy atom. The summed E-state index contributed by atoms with van der Waals surface area (Å²) in [5, 5.41) is 11.4. The highest BCUT2D eigenvalue weighted by Gasteiger charge is 2.35. The van der Waals surface area contributed by atoms with Gasteiger partial charge in [0.25, 0.3) is 0 Å². The van der Waals surface area contributed by atoms with Crippen molar-refractivity contribution in [2.75, 3.05) is 29.1 Å². The smallest absolute Gasteiger partial charge is 0.231 e. The third kappa shape index (κ3) is 5.66. The maximum absolute atomic E-state index is 12.7. The number of nitrogens with one attached hydrogen (secondary N) is 1. The molecule has 1 aliphatic rings. The fraction of sp³-hybridized carbons (Fsp3) is 0.304. The molecule has 0 aliphatic carbocycles. The largest absolute Gasteiger partial charge is 0.493 e. The van der Waals surface area contributed by atoms with Gasteiger partial charge in [-0.15, -0.1) is 10.2 Å². The molecule has 1 fully saturated rings. The van der Waals surface area contributed by atoms with Crippen LogP contribution >= 0.6 is 23.1 Å². The molecule has 9 heteroatoms. The standard InChI is InChI=1S/C23H24N4O3S2/c1-15-6-8-19(9-7-15)30-10-11-31-23-26-25-22(32-23)24-21(29)17-13-20(28)27(14-17)18-5-3-4-16(2)12-18/h3-9,12,17H,10-11,13-14H2,1-2H3,(H,24,25,29). The summed E-state index contributed by atoms with van der Waals surface area (Å²) in [5.41, 5.74) is 3.10. The van der Waals surface area contributed by atoms with Crippen molar-refractivity contribution in [2.45, 2.75) is 24.6 Å². The van der Waals surface area contributed by atoms with Crippen molar-refractivity contribution in [1.82, 2.24) is 10.2 Å². The maximum atomic E-state index is 12.7. The van der Waals surface area contributed by atoms with Crippen LogP contribution in [0.25, 0.3) is 0 Å². The average Bonchev–Trinajstić information content (AvgIpc) is 3.39. The zero-order chi connectivity index (χ0) is 22.5. The summed E-state index contributed by atoms with van der Waals surface area (Å²) in [4.78, 5) is 26.8. The SMILES string of the molecule is Cc1ccc(OCCSc2nnc(NC(=O)C3CC(=O)N(c4cccc(C)c4)C3)s2)cc1. The van der Waals surface area contributed by atoms with Gasteiger partial charge in [0.05, 0.1) is 12.5 Å². The molecule has 1 aromatic heterocycles. The molecule has 1 N–H and O–H groups in total. The first-order valence-electron chi connectivity index (χ1n) is 10.3. The van der Waals surface area contributed by atoms with Gasteiger partial charge in [-0.1, -0.05) is 52.9 Å². The first-order chi connectivity index (χ1) is 15.5. The molecule has 0 bridgehead atoms. The zero-order valence-electron chi connectivity index (χ0n) is 17.9. The van der Waals surface area contributed by atoms with Crippen LogP contribution in [0.5, 0.6) is 5.75 Å². The lowest BCUT2D eigenvalue weighted by Gasteiger charge is -2.17. The second-order valence-electron chi connectivity index (χ2n) is 7.62. The van der Waals surface area contributed by atoms with Crippen molar-refractivity contribution in [3.63, 3.8) is 0 Å². The minimum Gasteiger partial charge on any atom is -0.493 e. The van der Waals surface area contributed by atoms with E-state index in [2.05, 4.69) is 15.5 Å². The number of aryl methyl sites for hydroxylation is 2. The number of rotatable bonds is 8. The van der Waals surface area contributed by atoms with Crippen LogP contribution in [-0.4, -0.2) is 40.9 Å². The van der Waals surface area contributed by atoms with E-state index in [1.165, 1.54) is 28.7 Å². The molecule has 1 atom stereocenters. The number of amides is 2. The molecular formula is C23H24N4O3S2. The molecule has 1 unspecified atom stereocenters. The minimum atomic E-state index is -0.411. The van der Waals surface area contributed by atoms with Crippen LogP contribution in [0, 0.1) is 19.8 Å². The Morgan fingerprint density at radius 2 is 2.00 bits per heavy atom. The summed E-state index contributed by atoms with van der Waals surface area (Å²) < 4.78 is 6.48. The van der Waals surface area contributed by atoms with Gasteiger partial charge in [0.2, 0.25) is 16.9 Å². The van der Waals surface area contributed by atoms with Crippen LogP contribution in [0.2, 0.25) is 0 Å². The highest BCUT2D eigenvalue weighted by atomic mass is 32.2. The fourth-order valence-corrected chi connectivity index (χ4v) is 5.02. The van der Waals surface area contributed by atoms with Gasteiger partial charge in [-0.2, -0.15) is 0 Å². The van der Waals surface area contributed by atoms with Gasteiger partial charge in [-0.3, -0.25) is 9.59 Å². The van der Waals surface area contributed by atoms with Crippen LogP contribution in [0.3, 0.4) is 0 Å². The minimum absolute atomic E-state index is 0.0437. The maximum Gasteiger partial charge on any atom is 0.231 e. The predicted octanol–water partition coefficient (Wildman–Crippen LogP) is 4.32. The quantitative estimate of drug-likeness (QED) is 0.301. The molecule has 1 aliphatic heterocycles. The van der Waals surface area contributed by atoms with Gasteiger partial charge in [-0.05, 0) is 43.7 Å². The van der Waals surface area contributed by atoms with Crippen LogP contribution in [-0.2, 0) is 9.59 Å². The van der Waals surface area contributed by atoms with E-state index in [0.717, 1.165) is 27.1 Å². The van der Waals surface area contributed by atoms with Crippen molar-refractivity contribution in [2.24, 2.45) is 5.92 Å². The third-order valence-electron chi connectivity index (χ3n) is 5.04. The Labute approximate surface area is 195 Å². The Balaban J connectivity index is 1.24. The third-order valence-corrected chi connectivity index (χ3v) is 6.98. The molecule has 32 heavy (non-hydrogen) atoms. The molecule has 2 amide bonds. The number of aromatic nitrogens is 2. The van der Waals surface area contributed by atoms with Crippen LogP contribution < -0.4 is 15.0 Å². The van der Waals surface area contributed by atoms with Crippen molar-refractivity contribution >= 4 is 45.7 Å². The van der Waals surface area contributed by atoms with E-state index < -0.39 is 5.92 Å². The molecule has 2 heterocycles. The van der Waals surface area contributed by atoms with Crippen molar-refractivity contribution in [1.29, 1.82) is 0 Å². The molecule has 1 saturated heterocycles. The molecule has 4 rings (SSSR count). The van der Waals surface area contributed by atoms with Gasteiger partial charge < -0.3 is 15.0 Å². The van der Waals surface area contributed by atoms with Gasteiger partial charge >= 0.3 is 0 Å². The van der Waals surface area contributed by atoms with Crippen molar-refractivity contribution in [3.05, 3.63) is 59.7 Å². The lowest BCUT2D eigenvalue weighted by atomic mass is 10.1. The molecule has 166 valence electrons. The van der Waals surface area contributed by atoms with Crippen molar-refractivity contribution < 1.29 is 14.3 Å². The molecule has 7 nitrogen and oxygen atoms in total. The topological polar surface area (TPSA) is 84.4 Å². The Hall–Kier alpha value is -2.91. The number of benzene rings is 2. The number of nitrogens with zero attached hydrogens (tertiary/aromatic N) is 3. The van der Waals surface area contributed by atoms with E-state index in [1.807, 2.05) is 62.4 Å². The highest BCUT2D eigenvalue weighted by Crippen LogP contribution is 2.29.